The van der Waals surface area contributed by atoms with Gasteiger partial charge in [0.25, 0.3) is 0 Å². The van der Waals surface area contributed by atoms with Crippen LogP contribution in [0.4, 0.5) is 4.39 Å². The summed E-state index contributed by atoms with van der Waals surface area (Å²) >= 11 is 0. The summed E-state index contributed by atoms with van der Waals surface area (Å²) in [6.45, 7) is 4.38. The standard InChI is InChI=1S/C17H19FO2/c1-3-20-17-9-8-12(2)10-14(17)16(19)11-13-6-4-5-7-15(13)18/h4-10,16,19H,3,11H2,1-2H3. The van der Waals surface area contributed by atoms with E-state index < -0.39 is 6.10 Å². The molecule has 1 unspecified atom stereocenters. The molecule has 20 heavy (non-hydrogen) atoms. The molecule has 0 aromatic heterocycles. The van der Waals surface area contributed by atoms with Crippen molar-refractivity contribution in [1.29, 1.82) is 0 Å². The van der Waals surface area contributed by atoms with Crippen LogP contribution in [-0.2, 0) is 6.42 Å². The highest BCUT2D eigenvalue weighted by molar-refractivity contribution is 5.39. The quantitative estimate of drug-likeness (QED) is 0.898. The van der Waals surface area contributed by atoms with Crippen LogP contribution in [0.15, 0.2) is 42.5 Å². The summed E-state index contributed by atoms with van der Waals surface area (Å²) in [5.74, 6) is 0.360. The fourth-order valence-electron chi connectivity index (χ4n) is 2.20. The van der Waals surface area contributed by atoms with Gasteiger partial charge in [-0.1, -0.05) is 29.8 Å². The molecule has 2 rings (SSSR count). The lowest BCUT2D eigenvalue weighted by molar-refractivity contribution is 0.171. The summed E-state index contributed by atoms with van der Waals surface area (Å²) in [4.78, 5) is 0. The SMILES string of the molecule is CCOc1ccc(C)cc1C(O)Cc1ccccc1F. The Balaban J connectivity index is 2.26. The maximum Gasteiger partial charge on any atom is 0.126 e. The molecule has 0 bridgehead atoms. The van der Waals surface area contributed by atoms with Gasteiger partial charge in [-0.3, -0.25) is 0 Å². The molecule has 0 spiro atoms. The maximum absolute atomic E-state index is 13.7. The number of aliphatic hydroxyl groups is 1. The van der Waals surface area contributed by atoms with Crippen molar-refractivity contribution in [2.24, 2.45) is 0 Å². The second-order valence-corrected chi connectivity index (χ2v) is 4.79. The van der Waals surface area contributed by atoms with Gasteiger partial charge in [0.1, 0.15) is 11.6 Å². The zero-order valence-electron chi connectivity index (χ0n) is 11.8. The van der Waals surface area contributed by atoms with E-state index in [0.29, 0.717) is 23.5 Å². The van der Waals surface area contributed by atoms with Crippen molar-refractivity contribution in [2.45, 2.75) is 26.4 Å². The zero-order chi connectivity index (χ0) is 14.5. The van der Waals surface area contributed by atoms with E-state index in [1.165, 1.54) is 6.07 Å². The van der Waals surface area contributed by atoms with Crippen LogP contribution < -0.4 is 4.74 Å². The van der Waals surface area contributed by atoms with Crippen molar-refractivity contribution in [3.63, 3.8) is 0 Å². The van der Waals surface area contributed by atoms with Gasteiger partial charge in [-0.15, -0.1) is 0 Å². The molecular weight excluding hydrogens is 255 g/mol. The van der Waals surface area contributed by atoms with Crippen molar-refractivity contribution in [1.82, 2.24) is 0 Å². The Morgan fingerprint density at radius 3 is 2.65 bits per heavy atom. The lowest BCUT2D eigenvalue weighted by Gasteiger charge is -2.17. The topological polar surface area (TPSA) is 29.5 Å². The molecule has 2 nitrogen and oxygen atoms in total. The zero-order valence-corrected chi connectivity index (χ0v) is 11.8. The Bertz CT molecular complexity index is 581. The van der Waals surface area contributed by atoms with Gasteiger partial charge in [0.05, 0.1) is 12.7 Å². The van der Waals surface area contributed by atoms with Gasteiger partial charge >= 0.3 is 0 Å². The first-order valence-corrected chi connectivity index (χ1v) is 6.76. The molecule has 106 valence electrons. The summed E-state index contributed by atoms with van der Waals surface area (Å²) < 4.78 is 19.2. The number of rotatable bonds is 5. The molecule has 0 aliphatic heterocycles. The molecule has 1 N–H and O–H groups in total. The molecule has 0 amide bonds. The van der Waals surface area contributed by atoms with Crippen LogP contribution in [0.25, 0.3) is 0 Å². The number of hydrogen-bond acceptors (Lipinski definition) is 2. The van der Waals surface area contributed by atoms with E-state index in [1.54, 1.807) is 18.2 Å². The smallest absolute Gasteiger partial charge is 0.126 e. The Morgan fingerprint density at radius 1 is 1.20 bits per heavy atom. The Labute approximate surface area is 118 Å². The fourth-order valence-corrected chi connectivity index (χ4v) is 2.20. The van der Waals surface area contributed by atoms with Gasteiger partial charge in [-0.25, -0.2) is 4.39 Å². The first-order chi connectivity index (χ1) is 9.61. The van der Waals surface area contributed by atoms with Crippen molar-refractivity contribution in [3.05, 3.63) is 65.0 Å². The molecule has 2 aromatic rings. The first kappa shape index (κ1) is 14.5. The highest BCUT2D eigenvalue weighted by Gasteiger charge is 2.16. The van der Waals surface area contributed by atoms with E-state index in [0.717, 1.165) is 5.56 Å². The predicted molar refractivity (Wildman–Crippen MR) is 77.4 cm³/mol. The lowest BCUT2D eigenvalue weighted by atomic mass is 9.99. The van der Waals surface area contributed by atoms with Crippen molar-refractivity contribution >= 4 is 0 Å². The monoisotopic (exact) mass is 274 g/mol. The normalized spacial score (nSPS) is 12.2. The predicted octanol–water partition coefficient (Wildman–Crippen LogP) is 3.81. The third-order valence-corrected chi connectivity index (χ3v) is 3.20. The maximum atomic E-state index is 13.7. The van der Waals surface area contributed by atoms with Gasteiger partial charge in [-0.05, 0) is 37.6 Å². The Kier molecular flexibility index (Phi) is 4.74. The van der Waals surface area contributed by atoms with Crippen LogP contribution >= 0.6 is 0 Å². The number of ether oxygens (including phenoxy) is 1. The van der Waals surface area contributed by atoms with Gasteiger partial charge in [0, 0.05) is 12.0 Å². The molecule has 0 heterocycles. The van der Waals surface area contributed by atoms with Crippen LogP contribution in [0.1, 0.15) is 29.7 Å². The Hall–Kier alpha value is -1.87. The molecule has 0 aliphatic carbocycles. The highest BCUT2D eigenvalue weighted by Crippen LogP contribution is 2.29. The van der Waals surface area contributed by atoms with Crippen LogP contribution in [0.3, 0.4) is 0 Å². The molecule has 1 atom stereocenters. The van der Waals surface area contributed by atoms with Gasteiger partial charge in [0.15, 0.2) is 0 Å². The minimum atomic E-state index is -0.784. The van der Waals surface area contributed by atoms with Crippen molar-refractivity contribution in [3.8, 4) is 5.75 Å². The second kappa shape index (κ2) is 6.53. The summed E-state index contributed by atoms with van der Waals surface area (Å²) in [5.41, 5.74) is 2.25. The summed E-state index contributed by atoms with van der Waals surface area (Å²) in [6, 6.07) is 12.2. The molecular formula is C17H19FO2. The average Bonchev–Trinajstić information content (AvgIpc) is 2.43. The summed E-state index contributed by atoms with van der Waals surface area (Å²) in [5, 5.41) is 10.4. The van der Waals surface area contributed by atoms with Gasteiger partial charge < -0.3 is 9.84 Å². The largest absolute Gasteiger partial charge is 0.493 e. The number of halogens is 1. The number of aliphatic hydroxyl groups excluding tert-OH is 1. The molecule has 3 heteroatoms. The van der Waals surface area contributed by atoms with Crippen LogP contribution in [-0.4, -0.2) is 11.7 Å². The van der Waals surface area contributed by atoms with E-state index in [9.17, 15) is 9.50 Å². The third kappa shape index (κ3) is 3.36. The van der Waals surface area contributed by atoms with Crippen molar-refractivity contribution in [2.75, 3.05) is 6.61 Å². The summed E-state index contributed by atoms with van der Waals surface area (Å²) in [6.07, 6.45) is -0.552. The van der Waals surface area contributed by atoms with Crippen LogP contribution in [0, 0.1) is 12.7 Å². The van der Waals surface area contributed by atoms with Crippen LogP contribution in [0.2, 0.25) is 0 Å². The fraction of sp³-hybridized carbons (Fsp3) is 0.294. The molecule has 0 radical (unpaired) electrons. The molecule has 0 aliphatic rings. The minimum absolute atomic E-state index is 0.232. The van der Waals surface area contributed by atoms with Gasteiger partial charge in [0.2, 0.25) is 0 Å². The summed E-state index contributed by atoms with van der Waals surface area (Å²) in [7, 11) is 0. The number of aryl methyl sites for hydroxylation is 1. The third-order valence-electron chi connectivity index (χ3n) is 3.20. The Morgan fingerprint density at radius 2 is 1.95 bits per heavy atom. The molecule has 0 saturated heterocycles. The van der Waals surface area contributed by atoms with Gasteiger partial charge in [-0.2, -0.15) is 0 Å². The minimum Gasteiger partial charge on any atom is -0.493 e. The second-order valence-electron chi connectivity index (χ2n) is 4.79. The average molecular weight is 274 g/mol. The molecule has 0 fully saturated rings. The highest BCUT2D eigenvalue weighted by atomic mass is 19.1. The van der Waals surface area contributed by atoms with E-state index in [1.807, 2.05) is 32.0 Å². The number of hydrogen-bond donors (Lipinski definition) is 1. The van der Waals surface area contributed by atoms with Crippen LogP contribution in [0.5, 0.6) is 5.75 Å². The molecule has 2 aromatic carbocycles. The van der Waals surface area contributed by atoms with Crippen molar-refractivity contribution < 1.29 is 14.2 Å². The van der Waals surface area contributed by atoms with E-state index in [4.69, 9.17) is 4.74 Å². The van der Waals surface area contributed by atoms with E-state index in [-0.39, 0.29) is 12.2 Å². The molecule has 0 saturated carbocycles. The van der Waals surface area contributed by atoms with E-state index in [2.05, 4.69) is 0 Å². The van der Waals surface area contributed by atoms with E-state index >= 15 is 0 Å². The number of benzene rings is 2. The first-order valence-electron chi connectivity index (χ1n) is 6.76. The lowest BCUT2D eigenvalue weighted by Crippen LogP contribution is -2.07.